The summed E-state index contributed by atoms with van der Waals surface area (Å²) in [5.41, 5.74) is 4.75. The van der Waals surface area contributed by atoms with Crippen molar-refractivity contribution in [3.8, 4) is 0 Å². The zero-order chi connectivity index (χ0) is 20.4. The van der Waals surface area contributed by atoms with Crippen molar-refractivity contribution in [2.24, 2.45) is 0 Å². The molecule has 4 nitrogen and oxygen atoms in total. The number of hydrogen-bond acceptors (Lipinski definition) is 2. The largest absolute Gasteiger partial charge is 0.342 e. The van der Waals surface area contributed by atoms with Crippen molar-refractivity contribution in [2.45, 2.75) is 20.4 Å². The molecule has 0 spiro atoms. The molecule has 4 heteroatoms. The number of carbonyl (C=O) groups excluding carboxylic acids is 1. The fourth-order valence-electron chi connectivity index (χ4n) is 3.36. The molecular weight excluding hydrogens is 360 g/mol. The molecule has 0 saturated heterocycles. The molecular formula is C25H22N2O2. The number of nitrogens with one attached hydrogen (secondary N) is 1. The molecule has 1 N–H and O–H groups in total. The maximum Gasteiger partial charge on any atom is 0.261 e. The molecule has 4 rings (SSSR count). The fourth-order valence-corrected chi connectivity index (χ4v) is 3.36. The van der Waals surface area contributed by atoms with Crippen LogP contribution in [0.2, 0.25) is 0 Å². The first-order valence-electron chi connectivity index (χ1n) is 9.57. The van der Waals surface area contributed by atoms with Crippen molar-refractivity contribution >= 4 is 22.5 Å². The molecule has 1 amide bonds. The molecule has 0 unspecified atom stereocenters. The average molecular weight is 382 g/mol. The Morgan fingerprint density at radius 3 is 2.17 bits per heavy atom. The summed E-state index contributed by atoms with van der Waals surface area (Å²) in [6, 6.07) is 23.2. The van der Waals surface area contributed by atoms with Crippen molar-refractivity contribution in [2.75, 3.05) is 5.32 Å². The highest BCUT2D eigenvalue weighted by Gasteiger charge is 2.16. The van der Waals surface area contributed by atoms with Gasteiger partial charge in [0, 0.05) is 23.8 Å². The van der Waals surface area contributed by atoms with E-state index in [0.717, 1.165) is 16.6 Å². The molecule has 4 aromatic rings. The highest BCUT2D eigenvalue weighted by atomic mass is 16.2. The molecule has 144 valence electrons. The SMILES string of the molecule is Cc1ccc(Cn2cc(C(=O)Nc3ccc(C)cc3)c(=O)c3ccccc32)cc1. The number of benzene rings is 3. The molecule has 0 bridgehead atoms. The van der Waals surface area contributed by atoms with Crippen LogP contribution in [0.25, 0.3) is 10.9 Å². The van der Waals surface area contributed by atoms with Crippen LogP contribution in [0.4, 0.5) is 5.69 Å². The number of hydrogen-bond donors (Lipinski definition) is 1. The minimum Gasteiger partial charge on any atom is -0.342 e. The molecule has 0 aliphatic heterocycles. The maximum atomic E-state index is 13.0. The van der Waals surface area contributed by atoms with Gasteiger partial charge in [-0.15, -0.1) is 0 Å². The summed E-state index contributed by atoms with van der Waals surface area (Å²) in [5, 5.41) is 3.38. The van der Waals surface area contributed by atoms with Crippen molar-refractivity contribution in [1.82, 2.24) is 4.57 Å². The summed E-state index contributed by atoms with van der Waals surface area (Å²) < 4.78 is 1.96. The van der Waals surface area contributed by atoms with Crippen LogP contribution in [0.5, 0.6) is 0 Å². The third-order valence-corrected chi connectivity index (χ3v) is 5.02. The van der Waals surface area contributed by atoms with Crippen LogP contribution in [0.1, 0.15) is 27.0 Å². The van der Waals surface area contributed by atoms with Crippen LogP contribution in [0, 0.1) is 13.8 Å². The standard InChI is InChI=1S/C25H22N2O2/c1-17-7-11-19(12-8-17)15-27-16-22(24(28)21-5-3-4-6-23(21)27)25(29)26-20-13-9-18(2)10-14-20/h3-14,16H,15H2,1-2H3,(H,26,29). The summed E-state index contributed by atoms with van der Waals surface area (Å²) in [4.78, 5) is 25.9. The second-order valence-electron chi connectivity index (χ2n) is 7.32. The number of pyridine rings is 1. The molecule has 0 aliphatic carbocycles. The Bertz CT molecular complexity index is 1240. The Labute approximate surface area is 169 Å². The highest BCUT2D eigenvalue weighted by Crippen LogP contribution is 2.16. The van der Waals surface area contributed by atoms with E-state index in [-0.39, 0.29) is 11.0 Å². The van der Waals surface area contributed by atoms with Gasteiger partial charge >= 0.3 is 0 Å². The zero-order valence-corrected chi connectivity index (χ0v) is 16.5. The lowest BCUT2D eigenvalue weighted by molar-refractivity contribution is 0.102. The van der Waals surface area contributed by atoms with Crippen molar-refractivity contribution < 1.29 is 4.79 Å². The molecule has 29 heavy (non-hydrogen) atoms. The van der Waals surface area contributed by atoms with Crippen LogP contribution >= 0.6 is 0 Å². The average Bonchev–Trinajstić information content (AvgIpc) is 2.73. The van der Waals surface area contributed by atoms with E-state index >= 15 is 0 Å². The lowest BCUT2D eigenvalue weighted by atomic mass is 10.1. The normalized spacial score (nSPS) is 10.8. The Hall–Kier alpha value is -3.66. The summed E-state index contributed by atoms with van der Waals surface area (Å²) in [6.45, 7) is 4.61. The predicted octanol–water partition coefficient (Wildman–Crippen LogP) is 4.92. The Balaban J connectivity index is 1.76. The van der Waals surface area contributed by atoms with Gasteiger partial charge in [0.05, 0.1) is 5.52 Å². The fraction of sp³-hybridized carbons (Fsp3) is 0.120. The Kier molecular flexibility index (Phi) is 5.00. The first kappa shape index (κ1) is 18.7. The third kappa shape index (κ3) is 3.97. The zero-order valence-electron chi connectivity index (χ0n) is 16.5. The van der Waals surface area contributed by atoms with Crippen LogP contribution in [0.3, 0.4) is 0 Å². The monoisotopic (exact) mass is 382 g/mol. The quantitative estimate of drug-likeness (QED) is 0.545. The second kappa shape index (κ2) is 7.76. The van der Waals surface area contributed by atoms with Crippen LogP contribution in [-0.2, 0) is 6.54 Å². The minimum absolute atomic E-state index is 0.136. The van der Waals surface area contributed by atoms with E-state index in [1.165, 1.54) is 5.56 Å². The molecule has 0 saturated carbocycles. The van der Waals surface area contributed by atoms with E-state index in [2.05, 4.69) is 29.6 Å². The Morgan fingerprint density at radius 2 is 1.48 bits per heavy atom. The van der Waals surface area contributed by atoms with Gasteiger partial charge in [0.2, 0.25) is 5.43 Å². The van der Waals surface area contributed by atoms with Gasteiger partial charge < -0.3 is 9.88 Å². The summed E-state index contributed by atoms with van der Waals surface area (Å²) in [7, 11) is 0. The molecule has 0 atom stereocenters. The predicted molar refractivity (Wildman–Crippen MR) is 118 cm³/mol. The van der Waals surface area contributed by atoms with Gasteiger partial charge in [-0.05, 0) is 43.7 Å². The van der Waals surface area contributed by atoms with Gasteiger partial charge in [-0.25, -0.2) is 0 Å². The van der Waals surface area contributed by atoms with E-state index in [9.17, 15) is 9.59 Å². The molecule has 0 radical (unpaired) electrons. The van der Waals surface area contributed by atoms with Crippen LogP contribution in [0.15, 0.2) is 83.8 Å². The maximum absolute atomic E-state index is 13.0. The van der Waals surface area contributed by atoms with Crippen molar-refractivity contribution in [3.05, 3.63) is 111 Å². The molecule has 3 aromatic carbocycles. The lowest BCUT2D eigenvalue weighted by Crippen LogP contribution is -2.24. The van der Waals surface area contributed by atoms with Gasteiger partial charge in [0.25, 0.3) is 5.91 Å². The molecule has 1 aromatic heterocycles. The van der Waals surface area contributed by atoms with E-state index in [1.54, 1.807) is 12.3 Å². The number of aryl methyl sites for hydroxylation is 2. The highest BCUT2D eigenvalue weighted by molar-refractivity contribution is 6.05. The van der Waals surface area contributed by atoms with Gasteiger partial charge in [-0.1, -0.05) is 59.7 Å². The van der Waals surface area contributed by atoms with Gasteiger partial charge in [0.1, 0.15) is 5.56 Å². The first-order chi connectivity index (χ1) is 14.0. The minimum atomic E-state index is -0.401. The molecule has 1 heterocycles. The van der Waals surface area contributed by atoms with Gasteiger partial charge in [-0.2, -0.15) is 0 Å². The summed E-state index contributed by atoms with van der Waals surface area (Å²) in [6.07, 6.45) is 1.66. The number of carbonyl (C=O) groups is 1. The summed E-state index contributed by atoms with van der Waals surface area (Å²) >= 11 is 0. The van der Waals surface area contributed by atoms with Crippen LogP contribution in [-0.4, -0.2) is 10.5 Å². The molecule has 0 aliphatic rings. The van der Waals surface area contributed by atoms with E-state index in [0.29, 0.717) is 17.6 Å². The first-order valence-corrected chi connectivity index (χ1v) is 9.57. The van der Waals surface area contributed by atoms with Crippen molar-refractivity contribution in [3.63, 3.8) is 0 Å². The number of amides is 1. The third-order valence-electron chi connectivity index (χ3n) is 5.02. The van der Waals surface area contributed by atoms with Crippen molar-refractivity contribution in [1.29, 1.82) is 0 Å². The van der Waals surface area contributed by atoms with E-state index in [4.69, 9.17) is 0 Å². The smallest absolute Gasteiger partial charge is 0.261 e. The Morgan fingerprint density at radius 1 is 0.862 bits per heavy atom. The number of nitrogens with zero attached hydrogens (tertiary/aromatic N) is 1. The number of para-hydroxylation sites is 1. The number of aromatic nitrogens is 1. The number of anilines is 1. The summed E-state index contributed by atoms with van der Waals surface area (Å²) in [5.74, 6) is -0.401. The number of rotatable bonds is 4. The number of fused-ring (bicyclic) bond motifs is 1. The van der Waals surface area contributed by atoms with E-state index < -0.39 is 5.91 Å². The van der Waals surface area contributed by atoms with Gasteiger partial charge in [-0.3, -0.25) is 9.59 Å². The van der Waals surface area contributed by atoms with Crippen LogP contribution < -0.4 is 10.7 Å². The van der Waals surface area contributed by atoms with E-state index in [1.807, 2.05) is 60.9 Å². The van der Waals surface area contributed by atoms with Gasteiger partial charge in [0.15, 0.2) is 0 Å². The molecule has 0 fully saturated rings. The lowest BCUT2D eigenvalue weighted by Gasteiger charge is -2.14. The second-order valence-corrected chi connectivity index (χ2v) is 7.32. The topological polar surface area (TPSA) is 51.1 Å².